The van der Waals surface area contributed by atoms with Crippen LogP contribution in [0, 0.1) is 6.57 Å². The molecule has 0 unspecified atom stereocenters. The predicted octanol–water partition coefficient (Wildman–Crippen LogP) is 7.85. The zero-order valence-electron chi connectivity index (χ0n) is 16.8. The van der Waals surface area contributed by atoms with Crippen molar-refractivity contribution in [2.75, 3.05) is 0 Å². The van der Waals surface area contributed by atoms with E-state index in [0.717, 1.165) is 5.69 Å². The summed E-state index contributed by atoms with van der Waals surface area (Å²) < 4.78 is 0. The first kappa shape index (κ1) is 19.8. The summed E-state index contributed by atoms with van der Waals surface area (Å²) in [6.07, 6.45) is 0. The molecule has 0 fully saturated rings. The van der Waals surface area contributed by atoms with E-state index in [4.69, 9.17) is 6.57 Å². The molecule has 0 bridgehead atoms. The van der Waals surface area contributed by atoms with Crippen LogP contribution in [0.2, 0.25) is 0 Å². The molecular formula is C22H35N. The first-order valence-corrected chi connectivity index (χ1v) is 9.16. The molecule has 1 nitrogen and oxygen atoms in total. The highest BCUT2D eigenvalue weighted by Gasteiger charge is 2.29. The van der Waals surface area contributed by atoms with Crippen molar-refractivity contribution in [3.05, 3.63) is 39.2 Å². The van der Waals surface area contributed by atoms with Crippen molar-refractivity contribution in [1.82, 2.24) is 0 Å². The van der Waals surface area contributed by atoms with E-state index in [1.54, 1.807) is 0 Å². The summed E-state index contributed by atoms with van der Waals surface area (Å²) in [5.41, 5.74) is 7.92. The summed E-state index contributed by atoms with van der Waals surface area (Å²) in [7, 11) is 0. The number of nitrogens with zero attached hydrogens (tertiary/aromatic N) is 1. The molecule has 0 N–H and O–H groups in total. The highest BCUT2D eigenvalue weighted by molar-refractivity contribution is 5.70. The molecule has 23 heavy (non-hydrogen) atoms. The summed E-state index contributed by atoms with van der Waals surface area (Å²) in [4.78, 5) is 4.05. The van der Waals surface area contributed by atoms with Crippen molar-refractivity contribution < 1.29 is 0 Å². The summed E-state index contributed by atoms with van der Waals surface area (Å²) >= 11 is 0. The van der Waals surface area contributed by atoms with Crippen LogP contribution in [-0.2, 0) is 0 Å². The van der Waals surface area contributed by atoms with E-state index in [0.29, 0.717) is 29.6 Å². The SMILES string of the molecule is [C-]#[N+]c1c(C(C)C)c(C(C)C)c(C(C)C)c(C(C)C)c1C(C)C. The van der Waals surface area contributed by atoms with E-state index < -0.39 is 0 Å². The van der Waals surface area contributed by atoms with Crippen LogP contribution < -0.4 is 0 Å². The van der Waals surface area contributed by atoms with Gasteiger partial charge in [0.1, 0.15) is 0 Å². The molecule has 128 valence electrons. The van der Waals surface area contributed by atoms with Gasteiger partial charge >= 0.3 is 0 Å². The second-order valence-electron chi connectivity index (χ2n) is 8.30. The molecular weight excluding hydrogens is 278 g/mol. The Labute approximate surface area is 144 Å². The molecule has 0 spiro atoms. The van der Waals surface area contributed by atoms with Gasteiger partial charge in [0.25, 0.3) is 0 Å². The average molecular weight is 314 g/mol. The zero-order valence-corrected chi connectivity index (χ0v) is 16.8. The lowest BCUT2D eigenvalue weighted by Gasteiger charge is -2.32. The lowest BCUT2D eigenvalue weighted by Crippen LogP contribution is -2.14. The fourth-order valence-corrected chi connectivity index (χ4v) is 3.99. The molecule has 0 saturated heterocycles. The third kappa shape index (κ3) is 3.63. The highest BCUT2D eigenvalue weighted by atomic mass is 14.7. The van der Waals surface area contributed by atoms with Crippen molar-refractivity contribution in [2.24, 2.45) is 0 Å². The first-order valence-electron chi connectivity index (χ1n) is 9.16. The van der Waals surface area contributed by atoms with Gasteiger partial charge in [0, 0.05) is 0 Å². The van der Waals surface area contributed by atoms with Gasteiger partial charge in [-0.1, -0.05) is 69.2 Å². The second kappa shape index (κ2) is 7.52. The molecule has 0 saturated carbocycles. The number of hydrogen-bond acceptors (Lipinski definition) is 0. The maximum Gasteiger partial charge on any atom is 0.194 e. The molecule has 0 aliphatic carbocycles. The first-order chi connectivity index (χ1) is 10.6. The van der Waals surface area contributed by atoms with Crippen molar-refractivity contribution in [3.8, 4) is 0 Å². The topological polar surface area (TPSA) is 4.36 Å². The quantitative estimate of drug-likeness (QED) is 0.487. The van der Waals surface area contributed by atoms with Gasteiger partial charge in [-0.2, -0.15) is 0 Å². The summed E-state index contributed by atoms with van der Waals surface area (Å²) in [6.45, 7) is 30.6. The van der Waals surface area contributed by atoms with Gasteiger partial charge in [-0.25, -0.2) is 4.85 Å². The second-order valence-corrected chi connectivity index (χ2v) is 8.30. The summed E-state index contributed by atoms with van der Waals surface area (Å²) in [5.74, 6) is 2.15. The van der Waals surface area contributed by atoms with Gasteiger partial charge in [0.2, 0.25) is 0 Å². The van der Waals surface area contributed by atoms with E-state index >= 15 is 0 Å². The van der Waals surface area contributed by atoms with Crippen LogP contribution in [0.15, 0.2) is 0 Å². The standard InChI is InChI=1S/C22H35N/c1-12(2)17-18(13(3)4)20(15(7)8)22(23-11)21(16(9)10)19(17)14(5)6/h12-16H,1-10H3. The molecule has 0 radical (unpaired) electrons. The Bertz CT molecular complexity index is 554. The third-order valence-corrected chi connectivity index (χ3v) is 4.67. The lowest BCUT2D eigenvalue weighted by atomic mass is 9.73. The Morgan fingerprint density at radius 3 is 0.870 bits per heavy atom. The largest absolute Gasteiger partial charge is 0.238 e. The van der Waals surface area contributed by atoms with Gasteiger partial charge in [-0.05, 0) is 57.4 Å². The molecule has 1 rings (SSSR count). The van der Waals surface area contributed by atoms with Crippen LogP contribution in [-0.4, -0.2) is 0 Å². The maximum atomic E-state index is 7.89. The van der Waals surface area contributed by atoms with Gasteiger partial charge in [-0.3, -0.25) is 0 Å². The van der Waals surface area contributed by atoms with E-state index in [1.807, 2.05) is 0 Å². The molecule has 0 aromatic heterocycles. The summed E-state index contributed by atoms with van der Waals surface area (Å²) in [5, 5.41) is 0. The van der Waals surface area contributed by atoms with Crippen LogP contribution in [0.25, 0.3) is 4.85 Å². The van der Waals surface area contributed by atoms with Gasteiger partial charge < -0.3 is 0 Å². The third-order valence-electron chi connectivity index (χ3n) is 4.67. The monoisotopic (exact) mass is 313 g/mol. The lowest BCUT2D eigenvalue weighted by molar-refractivity contribution is 0.702. The summed E-state index contributed by atoms with van der Waals surface area (Å²) in [6, 6.07) is 0. The number of benzene rings is 1. The van der Waals surface area contributed by atoms with Crippen LogP contribution in [0.3, 0.4) is 0 Å². The van der Waals surface area contributed by atoms with Crippen LogP contribution in [0.1, 0.15) is 127 Å². The van der Waals surface area contributed by atoms with Crippen molar-refractivity contribution in [1.29, 1.82) is 0 Å². The average Bonchev–Trinajstić information content (AvgIpc) is 2.42. The fourth-order valence-electron chi connectivity index (χ4n) is 3.99. The zero-order chi connectivity index (χ0) is 18.1. The Morgan fingerprint density at radius 1 is 0.478 bits per heavy atom. The predicted molar refractivity (Wildman–Crippen MR) is 103 cm³/mol. The van der Waals surface area contributed by atoms with Crippen molar-refractivity contribution in [3.63, 3.8) is 0 Å². The molecule has 0 aliphatic rings. The van der Waals surface area contributed by atoms with Crippen LogP contribution >= 0.6 is 0 Å². The van der Waals surface area contributed by atoms with Gasteiger partial charge in [-0.15, -0.1) is 0 Å². The van der Waals surface area contributed by atoms with E-state index in [-0.39, 0.29) is 0 Å². The number of rotatable bonds is 5. The minimum Gasteiger partial charge on any atom is -0.238 e. The van der Waals surface area contributed by atoms with Crippen molar-refractivity contribution >= 4 is 5.69 Å². The Hall–Kier alpha value is -1.29. The van der Waals surface area contributed by atoms with E-state index in [2.05, 4.69) is 74.1 Å². The molecule has 0 amide bonds. The van der Waals surface area contributed by atoms with Gasteiger partial charge in [0.05, 0.1) is 6.57 Å². The van der Waals surface area contributed by atoms with Gasteiger partial charge in [0.15, 0.2) is 5.69 Å². The van der Waals surface area contributed by atoms with Crippen LogP contribution in [0.4, 0.5) is 5.69 Å². The molecule has 1 aromatic rings. The minimum atomic E-state index is 0.382. The molecule has 1 aromatic carbocycles. The van der Waals surface area contributed by atoms with E-state index in [9.17, 15) is 0 Å². The molecule has 1 heteroatoms. The minimum absolute atomic E-state index is 0.382. The van der Waals surface area contributed by atoms with Crippen LogP contribution in [0.5, 0.6) is 0 Å². The van der Waals surface area contributed by atoms with E-state index in [1.165, 1.54) is 27.8 Å². The fraction of sp³-hybridized carbons (Fsp3) is 0.682. The Morgan fingerprint density at radius 2 is 0.696 bits per heavy atom. The normalized spacial score (nSPS) is 12.1. The van der Waals surface area contributed by atoms with Crippen molar-refractivity contribution in [2.45, 2.75) is 98.8 Å². The molecule has 0 heterocycles. The Balaban J connectivity index is 4.20. The highest BCUT2D eigenvalue weighted by Crippen LogP contribution is 2.48. The number of hydrogen-bond donors (Lipinski definition) is 0. The maximum absolute atomic E-state index is 7.89. The Kier molecular flexibility index (Phi) is 6.46. The molecule has 0 aliphatic heterocycles. The smallest absolute Gasteiger partial charge is 0.194 e. The molecule has 0 atom stereocenters.